The Hall–Kier alpha value is -0.640. The molecule has 0 spiro atoms. The Morgan fingerprint density at radius 1 is 1.12 bits per heavy atom. The van der Waals surface area contributed by atoms with Crippen molar-refractivity contribution >= 4 is 39.1 Å². The number of hydrogen-bond acceptors (Lipinski definition) is 2. The van der Waals surface area contributed by atoms with Crippen molar-refractivity contribution in [2.24, 2.45) is 0 Å². The van der Waals surface area contributed by atoms with Gasteiger partial charge in [0.25, 0.3) is 0 Å². The molecule has 2 nitrogen and oxygen atoms in total. The summed E-state index contributed by atoms with van der Waals surface area (Å²) in [5.74, 6) is 0.532. The standard InChI is InChI=1S/C12H9BrCl2N2/c1-2-7-10(14)16-12(17-11(7)15)8-5-3-4-6-9(8)13/h3-6H,2H2,1H3. The van der Waals surface area contributed by atoms with Gasteiger partial charge in [-0.15, -0.1) is 0 Å². The summed E-state index contributed by atoms with van der Waals surface area (Å²) in [4.78, 5) is 8.55. The van der Waals surface area contributed by atoms with Gasteiger partial charge in [-0.3, -0.25) is 0 Å². The Labute approximate surface area is 118 Å². The van der Waals surface area contributed by atoms with Gasteiger partial charge in [-0.2, -0.15) is 0 Å². The second kappa shape index (κ2) is 5.34. The molecular weight excluding hydrogens is 323 g/mol. The number of hydrogen-bond donors (Lipinski definition) is 0. The van der Waals surface area contributed by atoms with Gasteiger partial charge in [-0.05, 0) is 12.5 Å². The van der Waals surface area contributed by atoms with E-state index in [1.54, 1.807) is 0 Å². The largest absolute Gasteiger partial charge is 0.216 e. The maximum Gasteiger partial charge on any atom is 0.163 e. The first-order valence-corrected chi connectivity index (χ1v) is 6.65. The van der Waals surface area contributed by atoms with Crippen LogP contribution in [0.25, 0.3) is 11.4 Å². The van der Waals surface area contributed by atoms with Crippen molar-refractivity contribution in [3.63, 3.8) is 0 Å². The van der Waals surface area contributed by atoms with Crippen molar-refractivity contribution in [3.05, 3.63) is 44.6 Å². The second-order valence-electron chi connectivity index (χ2n) is 3.44. The van der Waals surface area contributed by atoms with Gasteiger partial charge in [0.15, 0.2) is 5.82 Å². The Balaban J connectivity index is 2.59. The second-order valence-corrected chi connectivity index (χ2v) is 5.01. The fourth-order valence-corrected chi connectivity index (χ4v) is 2.60. The first-order valence-electron chi connectivity index (χ1n) is 5.10. The Morgan fingerprint density at radius 2 is 1.71 bits per heavy atom. The van der Waals surface area contributed by atoms with Crippen LogP contribution in [-0.4, -0.2) is 9.97 Å². The Bertz CT molecular complexity index is 535. The van der Waals surface area contributed by atoms with E-state index in [1.165, 1.54) is 0 Å². The van der Waals surface area contributed by atoms with Crippen LogP contribution in [0, 0.1) is 0 Å². The van der Waals surface area contributed by atoms with Gasteiger partial charge >= 0.3 is 0 Å². The fraction of sp³-hybridized carbons (Fsp3) is 0.167. The molecule has 5 heteroatoms. The highest BCUT2D eigenvalue weighted by Crippen LogP contribution is 2.29. The topological polar surface area (TPSA) is 25.8 Å². The predicted molar refractivity (Wildman–Crippen MR) is 74.6 cm³/mol. The monoisotopic (exact) mass is 330 g/mol. The SMILES string of the molecule is CCc1c(Cl)nc(-c2ccccc2Br)nc1Cl. The number of aromatic nitrogens is 2. The third-order valence-corrected chi connectivity index (χ3v) is 3.69. The lowest BCUT2D eigenvalue weighted by molar-refractivity contribution is 1.05. The highest BCUT2D eigenvalue weighted by Gasteiger charge is 2.12. The van der Waals surface area contributed by atoms with Gasteiger partial charge in [0.2, 0.25) is 0 Å². The van der Waals surface area contributed by atoms with E-state index in [4.69, 9.17) is 23.2 Å². The molecule has 2 aromatic rings. The molecule has 0 radical (unpaired) electrons. The lowest BCUT2D eigenvalue weighted by Crippen LogP contribution is -1.96. The van der Waals surface area contributed by atoms with Crippen LogP contribution in [0.2, 0.25) is 10.3 Å². The highest BCUT2D eigenvalue weighted by molar-refractivity contribution is 9.10. The Morgan fingerprint density at radius 3 is 2.24 bits per heavy atom. The van der Waals surface area contributed by atoms with E-state index in [-0.39, 0.29) is 0 Å². The molecule has 0 saturated carbocycles. The van der Waals surface area contributed by atoms with Gasteiger partial charge in [0.1, 0.15) is 10.3 Å². The highest BCUT2D eigenvalue weighted by atomic mass is 79.9. The minimum atomic E-state index is 0.415. The average molecular weight is 332 g/mol. The van der Waals surface area contributed by atoms with Crippen LogP contribution in [0.4, 0.5) is 0 Å². The lowest BCUT2D eigenvalue weighted by atomic mass is 10.2. The molecule has 0 aliphatic rings. The minimum Gasteiger partial charge on any atom is -0.216 e. The van der Waals surface area contributed by atoms with Crippen LogP contribution in [0.5, 0.6) is 0 Å². The molecule has 1 aromatic heterocycles. The summed E-state index contributed by atoms with van der Waals surface area (Å²) < 4.78 is 0.913. The number of benzene rings is 1. The maximum atomic E-state index is 6.09. The summed E-state index contributed by atoms with van der Waals surface area (Å²) in [6, 6.07) is 7.68. The molecule has 0 fully saturated rings. The van der Waals surface area contributed by atoms with Gasteiger partial charge in [-0.1, -0.05) is 64.3 Å². The summed E-state index contributed by atoms with van der Waals surface area (Å²) in [5, 5.41) is 0.830. The lowest BCUT2D eigenvalue weighted by Gasteiger charge is -2.07. The first kappa shape index (κ1) is 12.8. The first-order chi connectivity index (χ1) is 8.13. The molecule has 0 unspecified atom stereocenters. The summed E-state index contributed by atoms with van der Waals surface area (Å²) in [6.45, 7) is 1.97. The van der Waals surface area contributed by atoms with E-state index < -0.39 is 0 Å². The third kappa shape index (κ3) is 2.62. The van der Waals surface area contributed by atoms with Crippen molar-refractivity contribution in [1.29, 1.82) is 0 Å². The third-order valence-electron chi connectivity index (χ3n) is 2.37. The van der Waals surface area contributed by atoms with E-state index in [9.17, 15) is 0 Å². The van der Waals surface area contributed by atoms with Gasteiger partial charge in [-0.25, -0.2) is 9.97 Å². The number of nitrogens with zero attached hydrogens (tertiary/aromatic N) is 2. The van der Waals surface area contributed by atoms with Crippen molar-refractivity contribution in [2.75, 3.05) is 0 Å². The fourth-order valence-electron chi connectivity index (χ4n) is 1.49. The average Bonchev–Trinajstić information content (AvgIpc) is 2.29. The van der Waals surface area contributed by atoms with Crippen LogP contribution < -0.4 is 0 Å². The van der Waals surface area contributed by atoms with E-state index >= 15 is 0 Å². The molecule has 2 rings (SSSR count). The zero-order valence-electron chi connectivity index (χ0n) is 9.04. The zero-order valence-corrected chi connectivity index (χ0v) is 12.1. The molecule has 0 atom stereocenters. The van der Waals surface area contributed by atoms with E-state index in [0.29, 0.717) is 22.6 Å². The summed E-state index contributed by atoms with van der Waals surface area (Å²) in [7, 11) is 0. The maximum absolute atomic E-state index is 6.09. The number of rotatable bonds is 2. The van der Waals surface area contributed by atoms with Gasteiger partial charge in [0.05, 0.1) is 0 Å². The van der Waals surface area contributed by atoms with Gasteiger partial charge < -0.3 is 0 Å². The molecule has 1 aromatic carbocycles. The summed E-state index contributed by atoms with van der Waals surface area (Å²) in [6.07, 6.45) is 0.716. The van der Waals surface area contributed by atoms with Crippen LogP contribution >= 0.6 is 39.1 Å². The molecular formula is C12H9BrCl2N2. The normalized spacial score (nSPS) is 10.6. The van der Waals surface area contributed by atoms with Crippen molar-refractivity contribution in [2.45, 2.75) is 13.3 Å². The quantitative estimate of drug-likeness (QED) is 0.740. The summed E-state index contributed by atoms with van der Waals surface area (Å²) in [5.41, 5.74) is 1.66. The van der Waals surface area contributed by atoms with Crippen molar-refractivity contribution < 1.29 is 0 Å². The van der Waals surface area contributed by atoms with Crippen molar-refractivity contribution in [3.8, 4) is 11.4 Å². The van der Waals surface area contributed by atoms with Crippen LogP contribution in [0.1, 0.15) is 12.5 Å². The van der Waals surface area contributed by atoms with E-state index in [2.05, 4.69) is 25.9 Å². The zero-order chi connectivity index (χ0) is 12.4. The molecule has 17 heavy (non-hydrogen) atoms. The van der Waals surface area contributed by atoms with Crippen LogP contribution in [-0.2, 0) is 6.42 Å². The van der Waals surface area contributed by atoms with E-state index in [0.717, 1.165) is 15.6 Å². The molecule has 0 bridgehead atoms. The molecule has 0 saturated heterocycles. The smallest absolute Gasteiger partial charge is 0.163 e. The predicted octanol–water partition coefficient (Wildman–Crippen LogP) is 4.78. The molecule has 88 valence electrons. The molecule has 1 heterocycles. The van der Waals surface area contributed by atoms with Crippen molar-refractivity contribution in [1.82, 2.24) is 9.97 Å². The van der Waals surface area contributed by atoms with Gasteiger partial charge in [0, 0.05) is 15.6 Å². The van der Waals surface area contributed by atoms with E-state index in [1.807, 2.05) is 31.2 Å². The Kier molecular flexibility index (Phi) is 4.02. The number of halogens is 3. The summed E-state index contributed by atoms with van der Waals surface area (Å²) >= 11 is 15.6. The minimum absolute atomic E-state index is 0.415. The molecule has 0 aliphatic carbocycles. The van der Waals surface area contributed by atoms with Crippen LogP contribution in [0.15, 0.2) is 28.7 Å². The van der Waals surface area contributed by atoms with Crippen LogP contribution in [0.3, 0.4) is 0 Å². The molecule has 0 amide bonds. The molecule has 0 aliphatic heterocycles. The molecule has 0 N–H and O–H groups in total.